The molecule has 2 saturated carbocycles. The van der Waals surface area contributed by atoms with Crippen LogP contribution in [0.1, 0.15) is 40.5 Å². The Morgan fingerprint density at radius 1 is 1.21 bits per heavy atom. The molecule has 4 atom stereocenters. The van der Waals surface area contributed by atoms with E-state index in [0.717, 1.165) is 6.42 Å². The summed E-state index contributed by atoms with van der Waals surface area (Å²) in [5.41, 5.74) is 4.27. The van der Waals surface area contributed by atoms with E-state index in [1.54, 1.807) is 0 Å². The van der Waals surface area contributed by atoms with Gasteiger partial charge in [0.25, 0.3) is 0 Å². The Bertz CT molecular complexity index is 587. The summed E-state index contributed by atoms with van der Waals surface area (Å²) in [7, 11) is 0. The fourth-order valence-electron chi connectivity index (χ4n) is 5.36. The van der Waals surface area contributed by atoms with Gasteiger partial charge in [-0.1, -0.05) is 39.0 Å². The van der Waals surface area contributed by atoms with Crippen molar-refractivity contribution >= 4 is 5.78 Å². The van der Waals surface area contributed by atoms with Crippen LogP contribution >= 0.6 is 0 Å². The Morgan fingerprint density at radius 3 is 2.42 bits per heavy atom. The van der Waals surface area contributed by atoms with Gasteiger partial charge in [0.05, 0.1) is 0 Å². The lowest BCUT2D eigenvalue weighted by molar-refractivity contribution is -0.132. The Labute approximate surface area is 115 Å². The number of ketones is 1. The smallest absolute Gasteiger partial charge is 0.143 e. The van der Waals surface area contributed by atoms with Crippen molar-refractivity contribution in [1.82, 2.24) is 0 Å². The number of hydrogen-bond donors (Lipinski definition) is 0. The molecule has 4 bridgehead atoms. The summed E-state index contributed by atoms with van der Waals surface area (Å²) >= 11 is 0. The molecule has 0 aliphatic heterocycles. The second kappa shape index (κ2) is 3.13. The molecule has 4 rings (SSSR count). The molecular weight excluding hydrogens is 232 g/mol. The van der Waals surface area contributed by atoms with Crippen LogP contribution in [-0.2, 0) is 4.79 Å². The first-order chi connectivity index (χ1) is 8.88. The Hall–Kier alpha value is -1.11. The molecule has 0 spiro atoms. The van der Waals surface area contributed by atoms with Crippen LogP contribution in [0.5, 0.6) is 0 Å². The van der Waals surface area contributed by atoms with Crippen LogP contribution in [0.25, 0.3) is 0 Å². The SMILES string of the molecule is CC1=C2C=CC(=C1)C2C1C(=O)C2(C)CCC1C2(C)C. The van der Waals surface area contributed by atoms with Crippen LogP contribution in [0, 0.1) is 28.6 Å². The molecule has 0 heterocycles. The summed E-state index contributed by atoms with van der Waals surface area (Å²) in [4.78, 5) is 13.0. The van der Waals surface area contributed by atoms with E-state index in [-0.39, 0.29) is 16.7 Å². The monoisotopic (exact) mass is 254 g/mol. The van der Waals surface area contributed by atoms with Crippen molar-refractivity contribution in [2.75, 3.05) is 0 Å². The standard InChI is InChI=1S/C18H22O/c1-10-9-11-5-6-12(10)14(11)15-13-7-8-18(4,16(15)19)17(13,2)3/h5-6,9,13-15H,7-8H2,1-4H3. The normalized spacial score (nSPS) is 45.6. The number of allylic oxidation sites excluding steroid dienone is 6. The van der Waals surface area contributed by atoms with Crippen molar-refractivity contribution in [1.29, 1.82) is 0 Å². The highest BCUT2D eigenvalue weighted by Gasteiger charge is 2.68. The Balaban J connectivity index is 1.81. The maximum atomic E-state index is 13.0. The molecule has 0 radical (unpaired) electrons. The quantitative estimate of drug-likeness (QED) is 0.689. The van der Waals surface area contributed by atoms with E-state index in [1.165, 1.54) is 23.1 Å². The van der Waals surface area contributed by atoms with Crippen LogP contribution in [0.2, 0.25) is 0 Å². The summed E-state index contributed by atoms with van der Waals surface area (Å²) < 4.78 is 0. The average Bonchev–Trinajstić information content (AvgIpc) is 2.97. The lowest BCUT2D eigenvalue weighted by Crippen LogP contribution is -2.35. The topological polar surface area (TPSA) is 17.1 Å². The van der Waals surface area contributed by atoms with Crippen LogP contribution < -0.4 is 0 Å². The van der Waals surface area contributed by atoms with Gasteiger partial charge in [-0.05, 0) is 47.8 Å². The molecule has 1 nitrogen and oxygen atoms in total. The van der Waals surface area contributed by atoms with E-state index in [4.69, 9.17) is 0 Å². The van der Waals surface area contributed by atoms with Crippen molar-refractivity contribution < 1.29 is 4.79 Å². The van der Waals surface area contributed by atoms with Crippen molar-refractivity contribution in [3.8, 4) is 0 Å². The summed E-state index contributed by atoms with van der Waals surface area (Å²) in [6.45, 7) is 9.05. The van der Waals surface area contributed by atoms with Gasteiger partial charge in [0.2, 0.25) is 0 Å². The maximum Gasteiger partial charge on any atom is 0.143 e. The van der Waals surface area contributed by atoms with Crippen molar-refractivity contribution in [3.05, 3.63) is 34.9 Å². The first-order valence-corrected chi connectivity index (χ1v) is 7.53. The number of rotatable bonds is 1. The van der Waals surface area contributed by atoms with Gasteiger partial charge in [0.1, 0.15) is 5.78 Å². The van der Waals surface area contributed by atoms with Gasteiger partial charge in [0.15, 0.2) is 0 Å². The van der Waals surface area contributed by atoms with E-state index in [1.807, 2.05) is 0 Å². The van der Waals surface area contributed by atoms with Crippen molar-refractivity contribution in [2.45, 2.75) is 40.5 Å². The maximum absolute atomic E-state index is 13.0. The molecule has 0 aromatic rings. The minimum atomic E-state index is -0.0839. The van der Waals surface area contributed by atoms with E-state index in [0.29, 0.717) is 17.6 Å². The number of carbonyl (C=O) groups is 1. The lowest BCUT2D eigenvalue weighted by Gasteiger charge is -2.32. The van der Waals surface area contributed by atoms with E-state index < -0.39 is 0 Å². The Kier molecular flexibility index (Phi) is 1.93. The molecule has 100 valence electrons. The fraction of sp³-hybridized carbons (Fsp3) is 0.611. The number of carbonyl (C=O) groups excluding carboxylic acids is 1. The van der Waals surface area contributed by atoms with Gasteiger partial charge >= 0.3 is 0 Å². The van der Waals surface area contributed by atoms with Crippen LogP contribution in [0.15, 0.2) is 34.9 Å². The zero-order valence-corrected chi connectivity index (χ0v) is 12.3. The summed E-state index contributed by atoms with van der Waals surface area (Å²) in [6, 6.07) is 0. The van der Waals surface area contributed by atoms with Crippen LogP contribution in [0.3, 0.4) is 0 Å². The third-order valence-corrected chi connectivity index (χ3v) is 6.93. The number of Topliss-reactive ketones (excluding diaryl/α,β-unsaturated/α-hetero) is 1. The molecule has 19 heavy (non-hydrogen) atoms. The predicted molar refractivity (Wildman–Crippen MR) is 76.5 cm³/mol. The lowest BCUT2D eigenvalue weighted by atomic mass is 9.70. The van der Waals surface area contributed by atoms with Gasteiger partial charge in [0, 0.05) is 17.3 Å². The fourth-order valence-corrected chi connectivity index (χ4v) is 5.36. The molecule has 0 saturated heterocycles. The highest BCUT2D eigenvalue weighted by Crippen LogP contribution is 2.68. The first kappa shape index (κ1) is 11.7. The van der Waals surface area contributed by atoms with E-state index in [2.05, 4.69) is 45.9 Å². The molecule has 4 aliphatic carbocycles. The third-order valence-electron chi connectivity index (χ3n) is 6.93. The van der Waals surface area contributed by atoms with Crippen LogP contribution in [-0.4, -0.2) is 5.78 Å². The number of hydrogen-bond acceptors (Lipinski definition) is 1. The first-order valence-electron chi connectivity index (χ1n) is 7.53. The summed E-state index contributed by atoms with van der Waals surface area (Å²) in [6.07, 6.45) is 9.08. The zero-order valence-electron chi connectivity index (χ0n) is 12.3. The van der Waals surface area contributed by atoms with Crippen LogP contribution in [0.4, 0.5) is 0 Å². The molecular formula is C18H22O. The van der Waals surface area contributed by atoms with Gasteiger partial charge in [-0.2, -0.15) is 0 Å². The van der Waals surface area contributed by atoms with Gasteiger partial charge < -0.3 is 0 Å². The molecule has 0 aromatic heterocycles. The van der Waals surface area contributed by atoms with Gasteiger partial charge in [-0.25, -0.2) is 0 Å². The molecule has 0 N–H and O–H groups in total. The van der Waals surface area contributed by atoms with E-state index >= 15 is 0 Å². The molecule has 2 fully saturated rings. The summed E-state index contributed by atoms with van der Waals surface area (Å²) in [5.74, 6) is 1.74. The minimum Gasteiger partial charge on any atom is -0.299 e. The largest absolute Gasteiger partial charge is 0.299 e. The van der Waals surface area contributed by atoms with E-state index in [9.17, 15) is 4.79 Å². The average molecular weight is 254 g/mol. The molecule has 0 amide bonds. The molecule has 4 unspecified atom stereocenters. The third kappa shape index (κ3) is 1.08. The van der Waals surface area contributed by atoms with Gasteiger partial charge in [-0.3, -0.25) is 4.79 Å². The van der Waals surface area contributed by atoms with Crippen molar-refractivity contribution in [3.63, 3.8) is 0 Å². The minimum absolute atomic E-state index is 0.0839. The zero-order chi connectivity index (χ0) is 13.6. The highest BCUT2D eigenvalue weighted by atomic mass is 16.1. The molecule has 4 aliphatic rings. The highest BCUT2D eigenvalue weighted by molar-refractivity contribution is 5.93. The Morgan fingerprint density at radius 2 is 1.95 bits per heavy atom. The second-order valence-electron chi connectivity index (χ2n) is 7.68. The van der Waals surface area contributed by atoms with Gasteiger partial charge in [-0.15, -0.1) is 0 Å². The number of fused-ring (bicyclic) bond motifs is 4. The second-order valence-corrected chi connectivity index (χ2v) is 7.68. The summed E-state index contributed by atoms with van der Waals surface area (Å²) in [5, 5.41) is 0. The molecule has 0 aromatic carbocycles. The predicted octanol–water partition coefficient (Wildman–Crippen LogP) is 4.07. The molecule has 1 heteroatoms. The van der Waals surface area contributed by atoms with Crippen molar-refractivity contribution in [2.24, 2.45) is 28.6 Å².